The highest BCUT2D eigenvalue weighted by Gasteiger charge is 2.24. The molecule has 1 aromatic heterocycles. The molecule has 0 aliphatic carbocycles. The molecule has 3 heterocycles. The van der Waals surface area contributed by atoms with Gasteiger partial charge < -0.3 is 24.6 Å². The quantitative estimate of drug-likeness (QED) is 0.885. The number of carbonyl (C=O) groups excluding carboxylic acids is 1. The van der Waals surface area contributed by atoms with Crippen LogP contribution in [-0.4, -0.2) is 73.0 Å². The third kappa shape index (κ3) is 4.72. The molecular formula is C17H27N5O3. The van der Waals surface area contributed by atoms with E-state index in [0.717, 1.165) is 50.7 Å². The highest BCUT2D eigenvalue weighted by atomic mass is 16.6. The van der Waals surface area contributed by atoms with E-state index in [0.29, 0.717) is 25.6 Å². The van der Waals surface area contributed by atoms with Crippen LogP contribution in [0.1, 0.15) is 25.5 Å². The number of aryl methyl sites for hydroxylation is 1. The molecule has 138 valence electrons. The van der Waals surface area contributed by atoms with Gasteiger partial charge in [0.05, 0.1) is 19.8 Å². The number of morpholine rings is 1. The lowest BCUT2D eigenvalue weighted by Crippen LogP contribution is -2.43. The Morgan fingerprint density at radius 2 is 2.00 bits per heavy atom. The predicted octanol–water partition coefficient (Wildman–Crippen LogP) is 1.65. The van der Waals surface area contributed by atoms with Gasteiger partial charge in [-0.15, -0.1) is 0 Å². The minimum absolute atomic E-state index is 0.220. The van der Waals surface area contributed by atoms with Gasteiger partial charge in [-0.25, -0.2) is 9.78 Å². The first-order valence-electron chi connectivity index (χ1n) is 9.02. The number of amides is 1. The first kappa shape index (κ1) is 17.7. The predicted molar refractivity (Wildman–Crippen MR) is 95.0 cm³/mol. The zero-order valence-corrected chi connectivity index (χ0v) is 15.0. The van der Waals surface area contributed by atoms with E-state index in [1.165, 1.54) is 0 Å². The van der Waals surface area contributed by atoms with Crippen molar-refractivity contribution in [2.45, 2.75) is 32.7 Å². The number of nitrogens with one attached hydrogen (secondary N) is 1. The first-order valence-corrected chi connectivity index (χ1v) is 9.02. The van der Waals surface area contributed by atoms with Crippen LogP contribution in [0.3, 0.4) is 0 Å². The van der Waals surface area contributed by atoms with E-state index in [4.69, 9.17) is 9.47 Å². The molecule has 0 aromatic carbocycles. The van der Waals surface area contributed by atoms with Crippen LogP contribution >= 0.6 is 0 Å². The summed E-state index contributed by atoms with van der Waals surface area (Å²) >= 11 is 0. The molecule has 0 spiro atoms. The summed E-state index contributed by atoms with van der Waals surface area (Å²) in [5.41, 5.74) is 0.947. The molecular weight excluding hydrogens is 322 g/mol. The largest absolute Gasteiger partial charge is 0.450 e. The third-order valence-corrected chi connectivity index (χ3v) is 4.53. The molecule has 0 atom stereocenters. The van der Waals surface area contributed by atoms with Gasteiger partial charge in [0.15, 0.2) is 0 Å². The summed E-state index contributed by atoms with van der Waals surface area (Å²) in [5, 5.41) is 3.43. The van der Waals surface area contributed by atoms with E-state index in [2.05, 4.69) is 20.2 Å². The summed E-state index contributed by atoms with van der Waals surface area (Å²) < 4.78 is 10.5. The normalized spacial score (nSPS) is 19.0. The van der Waals surface area contributed by atoms with E-state index in [9.17, 15) is 4.79 Å². The van der Waals surface area contributed by atoms with E-state index >= 15 is 0 Å². The monoisotopic (exact) mass is 349 g/mol. The molecule has 0 unspecified atom stereocenters. The summed E-state index contributed by atoms with van der Waals surface area (Å²) in [7, 11) is 0. The van der Waals surface area contributed by atoms with Gasteiger partial charge in [0.1, 0.15) is 5.82 Å². The first-order chi connectivity index (χ1) is 12.2. The van der Waals surface area contributed by atoms with Crippen molar-refractivity contribution < 1.29 is 14.3 Å². The van der Waals surface area contributed by atoms with Crippen molar-refractivity contribution >= 4 is 17.9 Å². The topological polar surface area (TPSA) is 79.8 Å². The molecule has 2 aliphatic heterocycles. The minimum Gasteiger partial charge on any atom is -0.450 e. The van der Waals surface area contributed by atoms with Gasteiger partial charge in [0.2, 0.25) is 5.95 Å². The van der Waals surface area contributed by atoms with Crippen LogP contribution < -0.4 is 10.2 Å². The van der Waals surface area contributed by atoms with Crippen molar-refractivity contribution in [1.29, 1.82) is 0 Å². The zero-order valence-electron chi connectivity index (χ0n) is 15.0. The number of likely N-dealkylation sites (tertiary alicyclic amines) is 1. The van der Waals surface area contributed by atoms with Crippen LogP contribution in [0, 0.1) is 6.92 Å². The Morgan fingerprint density at radius 1 is 1.28 bits per heavy atom. The molecule has 1 amide bonds. The van der Waals surface area contributed by atoms with Crippen molar-refractivity contribution in [2.24, 2.45) is 0 Å². The highest BCUT2D eigenvalue weighted by molar-refractivity contribution is 5.67. The lowest BCUT2D eigenvalue weighted by Gasteiger charge is -2.32. The molecule has 25 heavy (non-hydrogen) atoms. The van der Waals surface area contributed by atoms with E-state index in [-0.39, 0.29) is 12.1 Å². The van der Waals surface area contributed by atoms with Crippen LogP contribution in [-0.2, 0) is 9.47 Å². The Kier molecular flexibility index (Phi) is 5.91. The second-order valence-electron chi connectivity index (χ2n) is 6.40. The molecule has 0 saturated carbocycles. The SMILES string of the molecule is CCOC(=O)N1CCC(Nc2nc(C)cc(N3CCOCC3)n2)CC1. The molecule has 0 radical (unpaired) electrons. The molecule has 3 rings (SSSR count). The molecule has 2 saturated heterocycles. The van der Waals surface area contributed by atoms with Gasteiger partial charge in [-0.05, 0) is 26.7 Å². The molecule has 2 fully saturated rings. The number of anilines is 2. The summed E-state index contributed by atoms with van der Waals surface area (Å²) in [6.07, 6.45) is 1.51. The van der Waals surface area contributed by atoms with Gasteiger partial charge in [-0.3, -0.25) is 0 Å². The smallest absolute Gasteiger partial charge is 0.409 e. The number of ether oxygens (including phenoxy) is 2. The number of rotatable bonds is 4. The Morgan fingerprint density at radius 3 is 2.68 bits per heavy atom. The van der Waals surface area contributed by atoms with Crippen molar-refractivity contribution in [1.82, 2.24) is 14.9 Å². The maximum Gasteiger partial charge on any atom is 0.409 e. The maximum absolute atomic E-state index is 11.8. The summed E-state index contributed by atoms with van der Waals surface area (Å²) in [5.74, 6) is 1.61. The highest BCUT2D eigenvalue weighted by Crippen LogP contribution is 2.19. The summed E-state index contributed by atoms with van der Waals surface area (Å²) in [6, 6.07) is 2.28. The maximum atomic E-state index is 11.8. The standard InChI is InChI=1S/C17H27N5O3/c1-3-25-17(23)22-6-4-14(5-7-22)19-16-18-13(2)12-15(20-16)21-8-10-24-11-9-21/h12,14H,3-11H2,1-2H3,(H,18,19,20). The molecule has 8 heteroatoms. The van der Waals surface area contributed by atoms with Crippen molar-refractivity contribution in [3.05, 3.63) is 11.8 Å². The van der Waals surface area contributed by atoms with Crippen LogP contribution in [0.5, 0.6) is 0 Å². The van der Waals surface area contributed by atoms with Gasteiger partial charge in [-0.1, -0.05) is 0 Å². The molecule has 1 aromatic rings. The van der Waals surface area contributed by atoms with Crippen LogP contribution in [0.15, 0.2) is 6.07 Å². The fourth-order valence-corrected chi connectivity index (χ4v) is 3.17. The van der Waals surface area contributed by atoms with Crippen LogP contribution in [0.4, 0.5) is 16.6 Å². The van der Waals surface area contributed by atoms with E-state index < -0.39 is 0 Å². The fraction of sp³-hybridized carbons (Fsp3) is 0.706. The summed E-state index contributed by atoms with van der Waals surface area (Å²) in [4.78, 5) is 25.0. The summed E-state index contributed by atoms with van der Waals surface area (Å²) in [6.45, 7) is 8.79. The number of hydrogen-bond donors (Lipinski definition) is 1. The Hall–Kier alpha value is -2.09. The minimum atomic E-state index is -0.220. The Labute approximate surface area is 148 Å². The number of piperidine rings is 1. The number of hydrogen-bond acceptors (Lipinski definition) is 7. The molecule has 0 bridgehead atoms. The third-order valence-electron chi connectivity index (χ3n) is 4.53. The number of aromatic nitrogens is 2. The number of carbonyl (C=O) groups is 1. The van der Waals surface area contributed by atoms with Gasteiger partial charge in [0.25, 0.3) is 0 Å². The van der Waals surface area contributed by atoms with Crippen LogP contribution in [0.2, 0.25) is 0 Å². The molecule has 8 nitrogen and oxygen atoms in total. The van der Waals surface area contributed by atoms with Crippen LogP contribution in [0.25, 0.3) is 0 Å². The molecule has 2 aliphatic rings. The Balaban J connectivity index is 1.58. The van der Waals surface area contributed by atoms with Crippen molar-refractivity contribution in [3.63, 3.8) is 0 Å². The van der Waals surface area contributed by atoms with Gasteiger partial charge in [0, 0.05) is 44.0 Å². The Bertz CT molecular complexity index is 584. The van der Waals surface area contributed by atoms with Gasteiger partial charge in [-0.2, -0.15) is 4.98 Å². The lowest BCUT2D eigenvalue weighted by molar-refractivity contribution is 0.0983. The average Bonchev–Trinajstić information content (AvgIpc) is 2.63. The van der Waals surface area contributed by atoms with E-state index in [1.54, 1.807) is 4.90 Å². The number of nitrogens with zero attached hydrogens (tertiary/aromatic N) is 4. The van der Waals surface area contributed by atoms with E-state index in [1.807, 2.05) is 19.9 Å². The zero-order chi connectivity index (χ0) is 17.6. The second kappa shape index (κ2) is 8.33. The average molecular weight is 349 g/mol. The fourth-order valence-electron chi connectivity index (χ4n) is 3.17. The lowest BCUT2D eigenvalue weighted by atomic mass is 10.1. The van der Waals surface area contributed by atoms with Crippen molar-refractivity contribution in [3.8, 4) is 0 Å². The van der Waals surface area contributed by atoms with Gasteiger partial charge >= 0.3 is 6.09 Å². The van der Waals surface area contributed by atoms with Crippen molar-refractivity contribution in [2.75, 3.05) is 56.2 Å². The molecule has 1 N–H and O–H groups in total. The second-order valence-corrected chi connectivity index (χ2v) is 6.40.